The maximum Gasteiger partial charge on any atom is 0.0490 e. The van der Waals surface area contributed by atoms with Gasteiger partial charge in [0.1, 0.15) is 0 Å². The molecule has 1 aromatic carbocycles. The van der Waals surface area contributed by atoms with Gasteiger partial charge >= 0.3 is 0 Å². The van der Waals surface area contributed by atoms with Crippen molar-refractivity contribution >= 4 is 0 Å². The van der Waals surface area contributed by atoms with Gasteiger partial charge in [0.15, 0.2) is 0 Å². The first kappa shape index (κ1) is 8.72. The van der Waals surface area contributed by atoms with Gasteiger partial charge in [0.05, 0.1) is 0 Å². The molecule has 0 saturated heterocycles. The predicted octanol–water partition coefficient (Wildman–Crippen LogP) is 2.99. The van der Waals surface area contributed by atoms with Crippen molar-refractivity contribution in [1.29, 1.82) is 0 Å². The zero-order chi connectivity index (χ0) is 10.3. The van der Waals surface area contributed by atoms with Gasteiger partial charge in [-0.3, -0.25) is 5.10 Å². The summed E-state index contributed by atoms with van der Waals surface area (Å²) in [6, 6.07) is 11.0. The van der Waals surface area contributed by atoms with Crippen LogP contribution in [0.4, 0.5) is 0 Å². The van der Waals surface area contributed by atoms with Crippen molar-refractivity contribution in [1.82, 2.24) is 10.2 Å². The van der Waals surface area contributed by atoms with Gasteiger partial charge < -0.3 is 0 Å². The third-order valence-corrected chi connectivity index (χ3v) is 3.22. The molecule has 76 valence electrons. The first-order valence-electron chi connectivity index (χ1n) is 5.40. The molecule has 1 N–H and O–H groups in total. The number of aromatic nitrogens is 2. The van der Waals surface area contributed by atoms with Crippen LogP contribution in [0.3, 0.4) is 0 Å². The minimum Gasteiger partial charge on any atom is -0.282 e. The molecule has 1 aromatic heterocycles. The van der Waals surface area contributed by atoms with Gasteiger partial charge in [-0.15, -0.1) is 0 Å². The molecule has 1 fully saturated rings. The zero-order valence-corrected chi connectivity index (χ0v) is 8.77. The SMILES string of the molecule is Cc1ccc([C@H]2C[C@H]2c2ccn[nH]2)cc1. The van der Waals surface area contributed by atoms with E-state index >= 15 is 0 Å². The molecule has 1 aliphatic carbocycles. The van der Waals surface area contributed by atoms with Gasteiger partial charge in [-0.2, -0.15) is 5.10 Å². The van der Waals surface area contributed by atoms with Crippen LogP contribution in [0.25, 0.3) is 0 Å². The molecule has 3 rings (SSSR count). The van der Waals surface area contributed by atoms with Crippen molar-refractivity contribution in [2.75, 3.05) is 0 Å². The normalized spacial score (nSPS) is 24.1. The van der Waals surface area contributed by atoms with E-state index in [-0.39, 0.29) is 0 Å². The lowest BCUT2D eigenvalue weighted by molar-refractivity contribution is 0.932. The zero-order valence-electron chi connectivity index (χ0n) is 8.77. The first-order chi connectivity index (χ1) is 7.34. The van der Waals surface area contributed by atoms with Crippen LogP contribution in [0.15, 0.2) is 36.5 Å². The third kappa shape index (κ3) is 1.56. The van der Waals surface area contributed by atoms with E-state index in [1.54, 1.807) is 0 Å². The van der Waals surface area contributed by atoms with Gasteiger partial charge in [0.2, 0.25) is 0 Å². The molecule has 1 aliphatic rings. The largest absolute Gasteiger partial charge is 0.282 e. The van der Waals surface area contributed by atoms with Crippen LogP contribution in [0.5, 0.6) is 0 Å². The number of benzene rings is 1. The van der Waals surface area contributed by atoms with E-state index in [4.69, 9.17) is 0 Å². The highest BCUT2D eigenvalue weighted by molar-refractivity contribution is 5.34. The highest BCUT2D eigenvalue weighted by Crippen LogP contribution is 2.53. The molecule has 0 radical (unpaired) electrons. The Morgan fingerprint density at radius 2 is 1.93 bits per heavy atom. The Bertz CT molecular complexity index is 442. The lowest BCUT2D eigenvalue weighted by atomic mass is 10.1. The number of aromatic amines is 1. The molecule has 1 heterocycles. The van der Waals surface area contributed by atoms with E-state index in [9.17, 15) is 0 Å². The fourth-order valence-corrected chi connectivity index (χ4v) is 2.19. The van der Waals surface area contributed by atoms with Gasteiger partial charge in [0.25, 0.3) is 0 Å². The Morgan fingerprint density at radius 1 is 1.13 bits per heavy atom. The molecule has 2 nitrogen and oxygen atoms in total. The fourth-order valence-electron chi connectivity index (χ4n) is 2.19. The lowest BCUT2D eigenvalue weighted by Crippen LogP contribution is -1.85. The van der Waals surface area contributed by atoms with Crippen molar-refractivity contribution in [2.24, 2.45) is 0 Å². The summed E-state index contributed by atoms with van der Waals surface area (Å²) in [5, 5.41) is 7.06. The lowest BCUT2D eigenvalue weighted by Gasteiger charge is -1.99. The van der Waals surface area contributed by atoms with Crippen LogP contribution < -0.4 is 0 Å². The van der Waals surface area contributed by atoms with Crippen LogP contribution in [-0.2, 0) is 0 Å². The molecular formula is C13H14N2. The van der Waals surface area contributed by atoms with Crippen molar-refractivity contribution in [2.45, 2.75) is 25.2 Å². The molecule has 2 atom stereocenters. The van der Waals surface area contributed by atoms with E-state index in [2.05, 4.69) is 47.5 Å². The van der Waals surface area contributed by atoms with Gasteiger partial charge in [-0.05, 0) is 30.9 Å². The molecule has 2 aromatic rings. The second kappa shape index (κ2) is 3.23. The Kier molecular flexibility index (Phi) is 1.88. The van der Waals surface area contributed by atoms with Crippen molar-refractivity contribution in [3.8, 4) is 0 Å². The second-order valence-corrected chi connectivity index (χ2v) is 4.37. The van der Waals surface area contributed by atoms with Crippen LogP contribution in [0.2, 0.25) is 0 Å². The molecule has 1 saturated carbocycles. The molecule has 0 bridgehead atoms. The maximum absolute atomic E-state index is 4.00. The Hall–Kier alpha value is -1.57. The van der Waals surface area contributed by atoms with Gasteiger partial charge in [-0.1, -0.05) is 29.8 Å². The average Bonchev–Trinajstić information content (AvgIpc) is 2.87. The summed E-state index contributed by atoms with van der Waals surface area (Å²) in [4.78, 5) is 0. The average molecular weight is 198 g/mol. The molecular weight excluding hydrogens is 184 g/mol. The Morgan fingerprint density at radius 3 is 2.60 bits per heavy atom. The molecule has 2 heteroatoms. The van der Waals surface area contributed by atoms with E-state index < -0.39 is 0 Å². The summed E-state index contributed by atoms with van der Waals surface area (Å²) in [7, 11) is 0. The number of hydrogen-bond donors (Lipinski definition) is 1. The summed E-state index contributed by atoms with van der Waals surface area (Å²) in [6.45, 7) is 2.13. The van der Waals surface area contributed by atoms with E-state index in [0.717, 1.165) is 0 Å². The number of nitrogens with one attached hydrogen (secondary N) is 1. The summed E-state index contributed by atoms with van der Waals surface area (Å²) >= 11 is 0. The molecule has 0 unspecified atom stereocenters. The number of H-pyrrole nitrogens is 1. The summed E-state index contributed by atoms with van der Waals surface area (Å²) < 4.78 is 0. The first-order valence-corrected chi connectivity index (χ1v) is 5.40. The smallest absolute Gasteiger partial charge is 0.0490 e. The highest BCUT2D eigenvalue weighted by Gasteiger charge is 2.40. The van der Waals surface area contributed by atoms with Crippen LogP contribution in [-0.4, -0.2) is 10.2 Å². The summed E-state index contributed by atoms with van der Waals surface area (Å²) in [5.74, 6) is 1.36. The summed E-state index contributed by atoms with van der Waals surface area (Å²) in [5.41, 5.74) is 4.07. The topological polar surface area (TPSA) is 28.7 Å². The minimum atomic E-state index is 0.662. The highest BCUT2D eigenvalue weighted by atomic mass is 15.1. The predicted molar refractivity (Wildman–Crippen MR) is 59.9 cm³/mol. The van der Waals surface area contributed by atoms with Crippen molar-refractivity contribution in [3.05, 3.63) is 53.3 Å². The van der Waals surface area contributed by atoms with E-state index in [0.29, 0.717) is 11.8 Å². The monoisotopic (exact) mass is 198 g/mol. The minimum absolute atomic E-state index is 0.662. The van der Waals surface area contributed by atoms with Gasteiger partial charge in [-0.25, -0.2) is 0 Å². The van der Waals surface area contributed by atoms with Crippen LogP contribution in [0, 0.1) is 6.92 Å². The standard InChI is InChI=1S/C13H14N2/c1-9-2-4-10(5-3-9)11-8-12(11)13-6-7-14-15-13/h2-7,11-12H,8H2,1H3,(H,14,15)/t11-,12-/m1/s1. The van der Waals surface area contributed by atoms with Crippen LogP contribution in [0.1, 0.15) is 35.1 Å². The van der Waals surface area contributed by atoms with E-state index in [1.165, 1.54) is 23.2 Å². The number of nitrogens with zero attached hydrogens (tertiary/aromatic N) is 1. The Balaban J connectivity index is 1.79. The quantitative estimate of drug-likeness (QED) is 0.789. The van der Waals surface area contributed by atoms with Crippen molar-refractivity contribution in [3.63, 3.8) is 0 Å². The molecule has 0 spiro atoms. The molecule has 15 heavy (non-hydrogen) atoms. The number of aryl methyl sites for hydroxylation is 1. The number of rotatable bonds is 2. The number of hydrogen-bond acceptors (Lipinski definition) is 1. The molecule has 0 aliphatic heterocycles. The van der Waals surface area contributed by atoms with E-state index in [1.807, 2.05) is 6.20 Å². The second-order valence-electron chi connectivity index (χ2n) is 4.37. The molecule has 0 amide bonds. The fraction of sp³-hybridized carbons (Fsp3) is 0.308. The van der Waals surface area contributed by atoms with Gasteiger partial charge in [0, 0.05) is 17.8 Å². The summed E-state index contributed by atoms with van der Waals surface area (Å²) in [6.07, 6.45) is 3.09. The third-order valence-electron chi connectivity index (χ3n) is 3.22. The van der Waals surface area contributed by atoms with Crippen molar-refractivity contribution < 1.29 is 0 Å². The maximum atomic E-state index is 4.00. The van der Waals surface area contributed by atoms with Crippen LogP contribution >= 0.6 is 0 Å². The Labute approximate surface area is 89.3 Å².